The molecule has 3 atom stereocenters. The van der Waals surface area contributed by atoms with E-state index in [0.717, 1.165) is 24.0 Å². The fourth-order valence-corrected chi connectivity index (χ4v) is 3.42. The minimum absolute atomic E-state index is 0.234. The summed E-state index contributed by atoms with van der Waals surface area (Å²) in [5.74, 6) is 2.75. The summed E-state index contributed by atoms with van der Waals surface area (Å²) in [6, 6.07) is 5.94. The average Bonchev–Trinajstić information content (AvgIpc) is 3.15. The fourth-order valence-electron chi connectivity index (χ4n) is 3.42. The minimum atomic E-state index is 0.234. The lowest BCUT2D eigenvalue weighted by atomic mass is 9.94. The Kier molecular flexibility index (Phi) is 2.58. The highest BCUT2D eigenvalue weighted by Gasteiger charge is 2.42. The summed E-state index contributed by atoms with van der Waals surface area (Å²) in [6.45, 7) is 1.08. The third kappa shape index (κ3) is 1.85. The van der Waals surface area contributed by atoms with Gasteiger partial charge in [-0.05, 0) is 43.4 Å². The fraction of sp³-hybridized carbons (Fsp3) is 0.500. The first kappa shape index (κ1) is 11.1. The van der Waals surface area contributed by atoms with E-state index >= 15 is 0 Å². The van der Waals surface area contributed by atoms with Crippen molar-refractivity contribution in [2.24, 2.45) is 11.8 Å². The smallest absolute Gasteiger partial charge is 0.244 e. The highest BCUT2D eigenvalue weighted by atomic mass is 16.5. The number of fused-ring (bicyclic) bond motifs is 1. The normalized spacial score (nSPS) is 29.6. The molecule has 2 aliphatic rings. The van der Waals surface area contributed by atoms with Crippen molar-refractivity contribution in [1.82, 2.24) is 20.4 Å². The van der Waals surface area contributed by atoms with E-state index in [0.29, 0.717) is 11.7 Å². The Hall–Kier alpha value is -1.75. The second-order valence-corrected chi connectivity index (χ2v) is 5.41. The largest absolute Gasteiger partial charge is 0.337 e. The monoisotopic (exact) mass is 256 g/mol. The van der Waals surface area contributed by atoms with Crippen LogP contribution in [0.25, 0.3) is 11.5 Å². The third-order valence-electron chi connectivity index (χ3n) is 4.35. The molecule has 1 N–H and O–H groups in total. The zero-order valence-electron chi connectivity index (χ0n) is 10.6. The van der Waals surface area contributed by atoms with Gasteiger partial charge in [0.05, 0.1) is 6.04 Å². The molecule has 0 amide bonds. The Balaban J connectivity index is 1.62. The van der Waals surface area contributed by atoms with E-state index in [2.05, 4.69) is 20.4 Å². The zero-order valence-corrected chi connectivity index (χ0v) is 10.6. The van der Waals surface area contributed by atoms with E-state index in [1.54, 1.807) is 6.20 Å². The van der Waals surface area contributed by atoms with E-state index in [4.69, 9.17) is 4.52 Å². The van der Waals surface area contributed by atoms with Gasteiger partial charge in [0.25, 0.3) is 0 Å². The summed E-state index contributed by atoms with van der Waals surface area (Å²) in [7, 11) is 0. The summed E-state index contributed by atoms with van der Waals surface area (Å²) < 4.78 is 5.45. The molecule has 0 bridgehead atoms. The molecule has 2 fully saturated rings. The van der Waals surface area contributed by atoms with Crippen LogP contribution in [0, 0.1) is 11.8 Å². The third-order valence-corrected chi connectivity index (χ3v) is 4.35. The lowest BCUT2D eigenvalue weighted by Gasteiger charge is -2.13. The van der Waals surface area contributed by atoms with Gasteiger partial charge in [0.15, 0.2) is 0 Å². The molecular weight excluding hydrogens is 240 g/mol. The van der Waals surface area contributed by atoms with Crippen molar-refractivity contribution in [3.8, 4) is 11.5 Å². The van der Waals surface area contributed by atoms with Gasteiger partial charge in [-0.15, -0.1) is 0 Å². The predicted molar refractivity (Wildman–Crippen MR) is 69.1 cm³/mol. The summed E-state index contributed by atoms with van der Waals surface area (Å²) in [4.78, 5) is 8.77. The molecule has 0 aromatic carbocycles. The van der Waals surface area contributed by atoms with Crippen molar-refractivity contribution in [2.75, 3.05) is 6.54 Å². The Morgan fingerprint density at radius 1 is 1.26 bits per heavy atom. The molecule has 5 nitrogen and oxygen atoms in total. The first-order chi connectivity index (χ1) is 9.42. The van der Waals surface area contributed by atoms with E-state index in [1.165, 1.54) is 19.3 Å². The van der Waals surface area contributed by atoms with Crippen molar-refractivity contribution in [2.45, 2.75) is 25.3 Å². The van der Waals surface area contributed by atoms with Gasteiger partial charge in [-0.1, -0.05) is 17.6 Å². The van der Waals surface area contributed by atoms with Gasteiger partial charge in [0.2, 0.25) is 11.7 Å². The molecule has 2 aromatic heterocycles. The first-order valence-corrected chi connectivity index (χ1v) is 6.90. The molecule has 0 radical (unpaired) electrons. The number of hydrogen-bond acceptors (Lipinski definition) is 5. The van der Waals surface area contributed by atoms with E-state index in [9.17, 15) is 0 Å². The molecule has 3 heterocycles. The van der Waals surface area contributed by atoms with Crippen molar-refractivity contribution in [1.29, 1.82) is 0 Å². The van der Waals surface area contributed by atoms with Crippen LogP contribution >= 0.6 is 0 Å². The van der Waals surface area contributed by atoms with Gasteiger partial charge in [0.1, 0.15) is 5.69 Å². The van der Waals surface area contributed by atoms with Gasteiger partial charge in [0, 0.05) is 6.20 Å². The summed E-state index contributed by atoms with van der Waals surface area (Å²) in [5, 5.41) is 7.58. The lowest BCUT2D eigenvalue weighted by Crippen LogP contribution is -2.18. The number of nitrogens with one attached hydrogen (secondary N) is 1. The van der Waals surface area contributed by atoms with Crippen molar-refractivity contribution < 1.29 is 4.52 Å². The molecule has 1 aliphatic heterocycles. The first-order valence-electron chi connectivity index (χ1n) is 6.90. The molecule has 1 saturated carbocycles. The molecule has 0 spiro atoms. The number of aromatic nitrogens is 3. The molecular formula is C14H16N4O. The van der Waals surface area contributed by atoms with E-state index in [-0.39, 0.29) is 6.04 Å². The van der Waals surface area contributed by atoms with Gasteiger partial charge in [-0.2, -0.15) is 4.98 Å². The summed E-state index contributed by atoms with van der Waals surface area (Å²) >= 11 is 0. The molecule has 19 heavy (non-hydrogen) atoms. The SMILES string of the molecule is c1ccc(-c2noc(C3NCC4CCCC43)n2)nc1. The van der Waals surface area contributed by atoms with Gasteiger partial charge < -0.3 is 9.84 Å². The van der Waals surface area contributed by atoms with Crippen molar-refractivity contribution in [3.05, 3.63) is 30.3 Å². The van der Waals surface area contributed by atoms with Crippen LogP contribution in [-0.2, 0) is 0 Å². The number of rotatable bonds is 2. The summed E-state index contributed by atoms with van der Waals surface area (Å²) in [6.07, 6.45) is 5.67. The Morgan fingerprint density at radius 2 is 2.26 bits per heavy atom. The van der Waals surface area contributed by atoms with Crippen LogP contribution in [0.1, 0.15) is 31.2 Å². The molecule has 98 valence electrons. The Morgan fingerprint density at radius 3 is 3.16 bits per heavy atom. The molecule has 1 saturated heterocycles. The topological polar surface area (TPSA) is 63.8 Å². The van der Waals surface area contributed by atoms with Gasteiger partial charge in [-0.25, -0.2) is 0 Å². The molecule has 5 heteroatoms. The van der Waals surface area contributed by atoms with Crippen LogP contribution in [0.5, 0.6) is 0 Å². The number of nitrogens with zero attached hydrogens (tertiary/aromatic N) is 3. The van der Waals surface area contributed by atoms with Crippen LogP contribution in [0.2, 0.25) is 0 Å². The maximum absolute atomic E-state index is 5.45. The van der Waals surface area contributed by atoms with Crippen molar-refractivity contribution >= 4 is 0 Å². The maximum atomic E-state index is 5.45. The molecule has 3 unspecified atom stereocenters. The number of pyridine rings is 1. The van der Waals surface area contributed by atoms with Crippen LogP contribution in [0.3, 0.4) is 0 Å². The van der Waals surface area contributed by atoms with E-state index in [1.807, 2.05) is 18.2 Å². The summed E-state index contributed by atoms with van der Waals surface area (Å²) in [5.41, 5.74) is 0.762. The van der Waals surface area contributed by atoms with Crippen LogP contribution in [0.15, 0.2) is 28.9 Å². The average molecular weight is 256 g/mol. The second kappa shape index (κ2) is 4.42. The lowest BCUT2D eigenvalue weighted by molar-refractivity contribution is 0.302. The standard InChI is InChI=1S/C14H16N4O/c1-2-7-15-11(6-1)13-17-14(19-18-13)12-10-5-3-4-9(10)8-16-12/h1-2,6-7,9-10,12,16H,3-5,8H2. The Bertz CT molecular complexity index is 568. The minimum Gasteiger partial charge on any atom is -0.337 e. The quantitative estimate of drug-likeness (QED) is 0.892. The molecule has 4 rings (SSSR count). The van der Waals surface area contributed by atoms with Crippen LogP contribution in [-0.4, -0.2) is 21.7 Å². The maximum Gasteiger partial charge on any atom is 0.244 e. The van der Waals surface area contributed by atoms with E-state index < -0.39 is 0 Å². The predicted octanol–water partition coefficient (Wildman–Crippen LogP) is 2.19. The van der Waals surface area contributed by atoms with Gasteiger partial charge in [-0.3, -0.25) is 4.98 Å². The number of hydrogen-bond donors (Lipinski definition) is 1. The highest BCUT2D eigenvalue weighted by Crippen LogP contribution is 2.43. The van der Waals surface area contributed by atoms with Gasteiger partial charge >= 0.3 is 0 Å². The zero-order chi connectivity index (χ0) is 12.7. The van der Waals surface area contributed by atoms with Crippen molar-refractivity contribution in [3.63, 3.8) is 0 Å². The Labute approximate surface area is 111 Å². The molecule has 1 aliphatic carbocycles. The van der Waals surface area contributed by atoms with Crippen LogP contribution < -0.4 is 5.32 Å². The highest BCUT2D eigenvalue weighted by molar-refractivity contribution is 5.47. The molecule has 2 aromatic rings. The second-order valence-electron chi connectivity index (χ2n) is 5.41. The van der Waals surface area contributed by atoms with Crippen LogP contribution in [0.4, 0.5) is 0 Å².